The standard InChI is InChI=1S/C20H14N4OS/c1-10-11(2)26-20-15(10)19(21-9-22-20)24-23-17-13-7-3-5-12-6-4-8-14(16(12)13)18(17)25/h3-9H,1-2H3,(H,21,22,24)/b23-17-. The van der Waals surface area contributed by atoms with E-state index in [0.29, 0.717) is 17.1 Å². The zero-order chi connectivity index (χ0) is 17.8. The summed E-state index contributed by atoms with van der Waals surface area (Å²) in [6.45, 7) is 4.11. The summed E-state index contributed by atoms with van der Waals surface area (Å²) in [6, 6.07) is 11.7. The van der Waals surface area contributed by atoms with Gasteiger partial charge in [0.25, 0.3) is 0 Å². The quantitative estimate of drug-likeness (QED) is 0.537. The highest BCUT2D eigenvalue weighted by Crippen LogP contribution is 2.34. The number of thiophene rings is 1. The molecule has 5 rings (SSSR count). The number of carbonyl (C=O) groups is 1. The Bertz CT molecular complexity index is 1250. The summed E-state index contributed by atoms with van der Waals surface area (Å²) in [4.78, 5) is 23.6. The molecule has 0 atom stereocenters. The number of nitrogens with zero attached hydrogens (tertiary/aromatic N) is 3. The first kappa shape index (κ1) is 15.2. The molecule has 0 spiro atoms. The fraction of sp³-hybridized carbons (Fsp3) is 0.100. The Morgan fingerprint density at radius 3 is 2.58 bits per heavy atom. The maximum Gasteiger partial charge on any atom is 0.214 e. The van der Waals surface area contributed by atoms with E-state index >= 15 is 0 Å². The van der Waals surface area contributed by atoms with Gasteiger partial charge in [-0.05, 0) is 24.8 Å². The second kappa shape index (κ2) is 5.44. The minimum Gasteiger partial charge on any atom is -0.287 e. The van der Waals surface area contributed by atoms with Crippen molar-refractivity contribution in [2.45, 2.75) is 13.8 Å². The molecule has 26 heavy (non-hydrogen) atoms. The zero-order valence-electron chi connectivity index (χ0n) is 14.2. The molecule has 0 fully saturated rings. The average molecular weight is 358 g/mol. The van der Waals surface area contributed by atoms with E-state index in [0.717, 1.165) is 32.1 Å². The van der Waals surface area contributed by atoms with Crippen molar-refractivity contribution < 1.29 is 4.79 Å². The molecule has 2 aromatic heterocycles. The van der Waals surface area contributed by atoms with E-state index in [2.05, 4.69) is 27.4 Å². The van der Waals surface area contributed by atoms with Crippen molar-refractivity contribution in [3.05, 3.63) is 64.3 Å². The lowest BCUT2D eigenvalue weighted by Crippen LogP contribution is -2.11. The van der Waals surface area contributed by atoms with Crippen LogP contribution in [0.5, 0.6) is 0 Å². The van der Waals surface area contributed by atoms with Gasteiger partial charge in [0.05, 0.1) is 5.39 Å². The second-order valence-corrected chi connectivity index (χ2v) is 7.50. The fourth-order valence-electron chi connectivity index (χ4n) is 3.46. The molecule has 0 saturated heterocycles. The van der Waals surface area contributed by atoms with Gasteiger partial charge in [-0.25, -0.2) is 9.97 Å². The molecule has 0 aliphatic heterocycles. The van der Waals surface area contributed by atoms with E-state index in [9.17, 15) is 4.79 Å². The van der Waals surface area contributed by atoms with E-state index in [-0.39, 0.29) is 5.78 Å². The number of rotatable bonds is 2. The van der Waals surface area contributed by atoms with E-state index in [1.165, 1.54) is 11.2 Å². The molecular weight excluding hydrogens is 344 g/mol. The number of ketones is 1. The topological polar surface area (TPSA) is 67.2 Å². The van der Waals surface area contributed by atoms with Crippen molar-refractivity contribution in [1.29, 1.82) is 0 Å². The molecule has 6 heteroatoms. The van der Waals surface area contributed by atoms with Crippen molar-refractivity contribution in [2.24, 2.45) is 5.10 Å². The summed E-state index contributed by atoms with van der Waals surface area (Å²) in [6.07, 6.45) is 1.52. The third-order valence-corrected chi connectivity index (χ3v) is 5.97. The first-order valence-electron chi connectivity index (χ1n) is 8.26. The van der Waals surface area contributed by atoms with E-state index < -0.39 is 0 Å². The van der Waals surface area contributed by atoms with E-state index in [4.69, 9.17) is 0 Å². The summed E-state index contributed by atoms with van der Waals surface area (Å²) in [7, 11) is 0. The Kier molecular flexibility index (Phi) is 3.17. The lowest BCUT2D eigenvalue weighted by atomic mass is 10.1. The predicted octanol–water partition coefficient (Wildman–Crippen LogP) is 4.47. The van der Waals surface area contributed by atoms with Crippen LogP contribution in [-0.2, 0) is 0 Å². The van der Waals surface area contributed by atoms with Gasteiger partial charge in [-0.3, -0.25) is 10.2 Å². The Hall–Kier alpha value is -3.12. The molecule has 4 aromatic rings. The molecule has 126 valence electrons. The highest BCUT2D eigenvalue weighted by molar-refractivity contribution is 7.18. The summed E-state index contributed by atoms with van der Waals surface area (Å²) in [5, 5.41) is 7.42. The monoisotopic (exact) mass is 358 g/mol. The van der Waals surface area contributed by atoms with Crippen molar-refractivity contribution in [1.82, 2.24) is 9.97 Å². The highest BCUT2D eigenvalue weighted by atomic mass is 32.1. The zero-order valence-corrected chi connectivity index (χ0v) is 15.0. The van der Waals surface area contributed by atoms with Crippen LogP contribution >= 0.6 is 11.3 Å². The fourth-order valence-corrected chi connectivity index (χ4v) is 4.46. The Morgan fingerprint density at radius 1 is 1.00 bits per heavy atom. The molecule has 0 radical (unpaired) electrons. The number of benzene rings is 2. The van der Waals surface area contributed by atoms with Crippen LogP contribution in [0.3, 0.4) is 0 Å². The minimum absolute atomic E-state index is 0.0622. The smallest absolute Gasteiger partial charge is 0.214 e. The molecule has 2 aromatic carbocycles. The number of nitrogens with one attached hydrogen (secondary N) is 1. The Balaban J connectivity index is 1.64. The predicted molar refractivity (Wildman–Crippen MR) is 105 cm³/mol. The second-order valence-electron chi connectivity index (χ2n) is 6.30. The average Bonchev–Trinajstić information content (AvgIpc) is 3.10. The number of anilines is 1. The van der Waals surface area contributed by atoms with Gasteiger partial charge in [0.1, 0.15) is 16.9 Å². The molecule has 2 heterocycles. The number of hydrazone groups is 1. The molecule has 0 amide bonds. The van der Waals surface area contributed by atoms with Crippen LogP contribution in [0, 0.1) is 13.8 Å². The number of Topliss-reactive ketones (excluding diaryl/α,β-unsaturated/α-hetero) is 1. The van der Waals surface area contributed by atoms with Crippen molar-refractivity contribution in [3.8, 4) is 0 Å². The number of hydrogen-bond donors (Lipinski definition) is 1. The van der Waals surface area contributed by atoms with Gasteiger partial charge in [-0.15, -0.1) is 11.3 Å². The molecule has 1 aliphatic carbocycles. The molecule has 0 bridgehead atoms. The van der Waals surface area contributed by atoms with Crippen molar-refractivity contribution in [3.63, 3.8) is 0 Å². The van der Waals surface area contributed by atoms with Crippen LogP contribution in [0.1, 0.15) is 26.4 Å². The third-order valence-electron chi connectivity index (χ3n) is 4.86. The Labute approximate surface area is 153 Å². The summed E-state index contributed by atoms with van der Waals surface area (Å²) >= 11 is 1.63. The molecule has 5 nitrogen and oxygen atoms in total. The summed E-state index contributed by atoms with van der Waals surface area (Å²) in [5.41, 5.74) is 6.14. The normalized spacial score (nSPS) is 14.7. The number of aryl methyl sites for hydroxylation is 2. The van der Waals surface area contributed by atoms with E-state index in [1.807, 2.05) is 43.3 Å². The summed E-state index contributed by atoms with van der Waals surface area (Å²) < 4.78 is 0. The molecule has 1 aliphatic rings. The van der Waals surface area contributed by atoms with Gasteiger partial charge in [-0.1, -0.05) is 36.4 Å². The summed E-state index contributed by atoms with van der Waals surface area (Å²) in [5.74, 6) is 0.563. The SMILES string of the molecule is Cc1sc2ncnc(N/N=C3\C(=O)c4cccc5cccc3c45)c2c1C. The van der Waals surface area contributed by atoms with Crippen LogP contribution in [0.2, 0.25) is 0 Å². The van der Waals surface area contributed by atoms with Crippen molar-refractivity contribution >= 4 is 49.6 Å². The number of aromatic nitrogens is 2. The lowest BCUT2D eigenvalue weighted by Gasteiger charge is -2.04. The number of carbonyl (C=O) groups excluding carboxylic acids is 1. The third kappa shape index (κ3) is 2.02. The van der Waals surface area contributed by atoms with Gasteiger partial charge < -0.3 is 0 Å². The number of hydrogen-bond acceptors (Lipinski definition) is 6. The van der Waals surface area contributed by atoms with Crippen LogP contribution in [0.15, 0.2) is 47.8 Å². The Morgan fingerprint density at radius 2 is 1.77 bits per heavy atom. The number of fused-ring (bicyclic) bond motifs is 1. The van der Waals surface area contributed by atoms with Crippen molar-refractivity contribution in [2.75, 3.05) is 5.43 Å². The van der Waals surface area contributed by atoms with Crippen LogP contribution in [0.4, 0.5) is 5.82 Å². The van der Waals surface area contributed by atoms with Crippen LogP contribution in [0.25, 0.3) is 21.0 Å². The van der Waals surface area contributed by atoms with E-state index in [1.54, 1.807) is 11.3 Å². The van der Waals surface area contributed by atoms with Gasteiger partial charge >= 0.3 is 0 Å². The minimum atomic E-state index is -0.0622. The van der Waals surface area contributed by atoms with Gasteiger partial charge in [0, 0.05) is 21.4 Å². The molecule has 0 unspecified atom stereocenters. The first-order chi connectivity index (χ1) is 12.6. The largest absolute Gasteiger partial charge is 0.287 e. The van der Waals surface area contributed by atoms with Gasteiger partial charge in [-0.2, -0.15) is 5.10 Å². The van der Waals surface area contributed by atoms with Crippen LogP contribution in [-0.4, -0.2) is 21.5 Å². The van der Waals surface area contributed by atoms with Crippen LogP contribution < -0.4 is 5.43 Å². The van der Waals surface area contributed by atoms with Gasteiger partial charge in [0.15, 0.2) is 5.82 Å². The van der Waals surface area contributed by atoms with Gasteiger partial charge in [0.2, 0.25) is 5.78 Å². The molecule has 0 saturated carbocycles. The highest BCUT2D eigenvalue weighted by Gasteiger charge is 2.28. The first-order valence-corrected chi connectivity index (χ1v) is 9.08. The maximum absolute atomic E-state index is 12.8. The molecular formula is C20H14N4OS. The lowest BCUT2D eigenvalue weighted by molar-refractivity contribution is 0.107. The molecule has 1 N–H and O–H groups in total. The maximum atomic E-state index is 12.8.